The second kappa shape index (κ2) is 5.54. The van der Waals surface area contributed by atoms with Gasteiger partial charge in [0.2, 0.25) is 0 Å². The first-order valence-electron chi connectivity index (χ1n) is 5.48. The highest BCUT2D eigenvalue weighted by molar-refractivity contribution is 5.97. The summed E-state index contributed by atoms with van der Waals surface area (Å²) in [5, 5.41) is 21.4. The predicted octanol–water partition coefficient (Wildman–Crippen LogP) is 0.811. The maximum Gasteiger partial charge on any atom is 0.255 e. The molecule has 1 rings (SSSR count). The van der Waals surface area contributed by atoms with Crippen molar-refractivity contribution in [2.75, 3.05) is 6.54 Å². The number of phenolic OH excluding ortho intramolecular Hbond substituents is 2. The van der Waals surface area contributed by atoms with E-state index in [0.717, 1.165) is 0 Å². The summed E-state index contributed by atoms with van der Waals surface area (Å²) in [5.74, 6) is -0.920. The zero-order valence-corrected chi connectivity index (χ0v) is 9.97. The summed E-state index contributed by atoms with van der Waals surface area (Å²) in [7, 11) is 0. The van der Waals surface area contributed by atoms with Crippen molar-refractivity contribution in [2.45, 2.75) is 19.9 Å². The molecule has 1 amide bonds. The van der Waals surface area contributed by atoms with Crippen LogP contribution in [0, 0.1) is 5.92 Å². The van der Waals surface area contributed by atoms with Gasteiger partial charge >= 0.3 is 0 Å². The number of carbonyl (C=O) groups is 1. The lowest BCUT2D eigenvalue weighted by molar-refractivity contribution is 0.0946. The monoisotopic (exact) mass is 238 g/mol. The van der Waals surface area contributed by atoms with E-state index < -0.39 is 11.7 Å². The van der Waals surface area contributed by atoms with Crippen LogP contribution in [0.1, 0.15) is 24.2 Å². The van der Waals surface area contributed by atoms with Crippen molar-refractivity contribution in [3.05, 3.63) is 23.8 Å². The van der Waals surface area contributed by atoms with E-state index in [-0.39, 0.29) is 23.3 Å². The lowest BCUT2D eigenvalue weighted by Gasteiger charge is -2.16. The number of aromatic hydroxyl groups is 2. The Morgan fingerprint density at radius 1 is 1.41 bits per heavy atom. The van der Waals surface area contributed by atoms with Crippen molar-refractivity contribution in [1.82, 2.24) is 5.32 Å². The Bertz CT molecular complexity index is 405. The van der Waals surface area contributed by atoms with Crippen LogP contribution in [0.3, 0.4) is 0 Å². The minimum Gasteiger partial charge on any atom is -0.504 e. The fourth-order valence-electron chi connectivity index (χ4n) is 1.26. The van der Waals surface area contributed by atoms with Crippen molar-refractivity contribution in [1.29, 1.82) is 0 Å². The minimum atomic E-state index is -0.450. The van der Waals surface area contributed by atoms with Gasteiger partial charge in [0, 0.05) is 12.6 Å². The molecule has 0 spiro atoms. The van der Waals surface area contributed by atoms with Crippen molar-refractivity contribution >= 4 is 5.91 Å². The maximum absolute atomic E-state index is 11.7. The summed E-state index contributed by atoms with van der Waals surface area (Å²) in [6.07, 6.45) is 0. The summed E-state index contributed by atoms with van der Waals surface area (Å²) in [4.78, 5) is 11.7. The van der Waals surface area contributed by atoms with Gasteiger partial charge in [0.1, 0.15) is 0 Å². The standard InChI is InChI=1S/C12H18N2O3/c1-7(2)9(13)6-14-12(17)8-4-3-5-10(15)11(8)16/h3-5,7,9,15-16H,6,13H2,1-2H3,(H,14,17). The predicted molar refractivity (Wildman–Crippen MR) is 64.9 cm³/mol. The van der Waals surface area contributed by atoms with Gasteiger partial charge in [0.15, 0.2) is 11.5 Å². The molecule has 0 aliphatic carbocycles. The Morgan fingerprint density at radius 3 is 2.65 bits per heavy atom. The fraction of sp³-hybridized carbons (Fsp3) is 0.417. The molecule has 94 valence electrons. The van der Waals surface area contributed by atoms with Crippen LogP contribution in [-0.4, -0.2) is 28.7 Å². The van der Waals surface area contributed by atoms with Crippen LogP contribution >= 0.6 is 0 Å². The summed E-state index contributed by atoms with van der Waals surface area (Å²) in [5.41, 5.74) is 5.83. The summed E-state index contributed by atoms with van der Waals surface area (Å²) in [6.45, 7) is 4.25. The van der Waals surface area contributed by atoms with Crippen molar-refractivity contribution in [3.63, 3.8) is 0 Å². The summed E-state index contributed by atoms with van der Waals surface area (Å²) in [6, 6.07) is 4.10. The van der Waals surface area contributed by atoms with E-state index in [9.17, 15) is 15.0 Å². The maximum atomic E-state index is 11.7. The number of phenols is 2. The Kier molecular flexibility index (Phi) is 4.34. The van der Waals surface area contributed by atoms with E-state index in [0.29, 0.717) is 6.54 Å². The van der Waals surface area contributed by atoms with E-state index in [1.807, 2.05) is 13.8 Å². The number of carbonyl (C=O) groups excluding carboxylic acids is 1. The number of benzene rings is 1. The molecule has 1 aromatic rings. The van der Waals surface area contributed by atoms with Gasteiger partial charge in [-0.1, -0.05) is 19.9 Å². The molecular formula is C12H18N2O3. The highest BCUT2D eigenvalue weighted by Crippen LogP contribution is 2.27. The second-order valence-electron chi connectivity index (χ2n) is 4.29. The first-order valence-corrected chi connectivity index (χ1v) is 5.48. The lowest BCUT2D eigenvalue weighted by atomic mass is 10.1. The Morgan fingerprint density at radius 2 is 2.06 bits per heavy atom. The van der Waals surface area contributed by atoms with E-state index in [1.165, 1.54) is 18.2 Å². The largest absolute Gasteiger partial charge is 0.504 e. The number of amides is 1. The number of nitrogens with two attached hydrogens (primary N) is 1. The molecule has 0 aliphatic heterocycles. The van der Waals surface area contributed by atoms with Gasteiger partial charge < -0.3 is 21.3 Å². The van der Waals surface area contributed by atoms with Gasteiger partial charge in [-0.3, -0.25) is 4.79 Å². The first-order chi connectivity index (χ1) is 7.93. The van der Waals surface area contributed by atoms with E-state index >= 15 is 0 Å². The first kappa shape index (κ1) is 13.3. The summed E-state index contributed by atoms with van der Waals surface area (Å²) >= 11 is 0. The number of hydrogen-bond donors (Lipinski definition) is 4. The third-order valence-corrected chi connectivity index (χ3v) is 2.61. The Balaban J connectivity index is 2.68. The normalized spacial score (nSPS) is 12.5. The van der Waals surface area contributed by atoms with Crippen molar-refractivity contribution in [2.24, 2.45) is 11.7 Å². The Hall–Kier alpha value is -1.75. The van der Waals surface area contributed by atoms with Crippen molar-refractivity contribution < 1.29 is 15.0 Å². The van der Waals surface area contributed by atoms with Crippen LogP contribution < -0.4 is 11.1 Å². The zero-order chi connectivity index (χ0) is 13.0. The molecule has 0 radical (unpaired) electrons. The highest BCUT2D eigenvalue weighted by Gasteiger charge is 2.15. The molecule has 0 fully saturated rings. The molecule has 0 bridgehead atoms. The lowest BCUT2D eigenvalue weighted by Crippen LogP contribution is -2.40. The third-order valence-electron chi connectivity index (χ3n) is 2.61. The van der Waals surface area contributed by atoms with Crippen LogP contribution in [0.15, 0.2) is 18.2 Å². The second-order valence-corrected chi connectivity index (χ2v) is 4.29. The molecular weight excluding hydrogens is 220 g/mol. The van der Waals surface area contributed by atoms with Crippen LogP contribution in [-0.2, 0) is 0 Å². The van der Waals surface area contributed by atoms with E-state index in [1.54, 1.807) is 0 Å². The molecule has 1 aromatic carbocycles. The molecule has 1 atom stereocenters. The zero-order valence-electron chi connectivity index (χ0n) is 9.97. The molecule has 5 nitrogen and oxygen atoms in total. The van der Waals surface area contributed by atoms with Crippen LogP contribution in [0.5, 0.6) is 11.5 Å². The van der Waals surface area contributed by atoms with Gasteiger partial charge in [-0.25, -0.2) is 0 Å². The molecule has 17 heavy (non-hydrogen) atoms. The van der Waals surface area contributed by atoms with Gasteiger partial charge in [0.25, 0.3) is 5.91 Å². The van der Waals surface area contributed by atoms with Gasteiger partial charge in [-0.15, -0.1) is 0 Å². The SMILES string of the molecule is CC(C)C(N)CNC(=O)c1cccc(O)c1O. The van der Waals surface area contributed by atoms with E-state index in [4.69, 9.17) is 5.73 Å². The van der Waals surface area contributed by atoms with Crippen LogP contribution in [0.2, 0.25) is 0 Å². The molecule has 5 heteroatoms. The quantitative estimate of drug-likeness (QED) is 0.584. The molecule has 0 saturated carbocycles. The molecule has 1 unspecified atom stereocenters. The molecule has 0 saturated heterocycles. The fourth-order valence-corrected chi connectivity index (χ4v) is 1.26. The molecule has 0 heterocycles. The highest BCUT2D eigenvalue weighted by atomic mass is 16.3. The number of nitrogens with one attached hydrogen (secondary N) is 1. The molecule has 0 aliphatic rings. The smallest absolute Gasteiger partial charge is 0.255 e. The molecule has 5 N–H and O–H groups in total. The minimum absolute atomic E-state index is 0.0426. The van der Waals surface area contributed by atoms with Gasteiger partial charge in [-0.05, 0) is 18.1 Å². The van der Waals surface area contributed by atoms with Gasteiger partial charge in [0.05, 0.1) is 5.56 Å². The van der Waals surface area contributed by atoms with Gasteiger partial charge in [-0.2, -0.15) is 0 Å². The molecule has 0 aromatic heterocycles. The number of hydrogen-bond acceptors (Lipinski definition) is 4. The average molecular weight is 238 g/mol. The van der Waals surface area contributed by atoms with E-state index in [2.05, 4.69) is 5.32 Å². The number of rotatable bonds is 4. The number of para-hydroxylation sites is 1. The van der Waals surface area contributed by atoms with Crippen molar-refractivity contribution in [3.8, 4) is 11.5 Å². The third kappa shape index (κ3) is 3.35. The average Bonchev–Trinajstić information content (AvgIpc) is 2.29. The summed E-state index contributed by atoms with van der Waals surface area (Å²) < 4.78 is 0. The topological polar surface area (TPSA) is 95.6 Å². The van der Waals surface area contributed by atoms with Crippen LogP contribution in [0.4, 0.5) is 0 Å². The van der Waals surface area contributed by atoms with Crippen LogP contribution in [0.25, 0.3) is 0 Å². The Labute approximate surface area is 100 Å².